The number of carboxylic acid groups (broad SMARTS) is 1. The Hall–Kier alpha value is -4.17. The molecule has 8 heteroatoms. The molecule has 1 aliphatic rings. The molecule has 40 heavy (non-hydrogen) atoms. The number of fused-ring (bicyclic) bond motifs is 3. The average molecular weight is 545 g/mol. The number of rotatable bonds is 11. The first kappa shape index (κ1) is 28.8. The van der Waals surface area contributed by atoms with E-state index < -0.39 is 35.7 Å². The van der Waals surface area contributed by atoms with Crippen LogP contribution in [0.3, 0.4) is 0 Å². The van der Waals surface area contributed by atoms with E-state index in [2.05, 4.69) is 17.4 Å². The van der Waals surface area contributed by atoms with Crippen LogP contribution in [0.25, 0.3) is 11.1 Å². The number of aliphatic carboxylic acids is 1. The first-order valence-corrected chi connectivity index (χ1v) is 13.5. The molecule has 2 unspecified atom stereocenters. The molecule has 8 nitrogen and oxygen atoms in total. The number of alkyl carbamates (subject to hydrolysis) is 1. The summed E-state index contributed by atoms with van der Waals surface area (Å²) in [6.07, 6.45) is -1.55. The standard InChI is InChI=1S/C32H36N2O6/c1-5-34(32(3,4)30(36)37)29(35)28(21(2)39-19-22-13-7-6-8-14-22)33-31(38)40-20-27-25-17-11-9-15-23(25)24-16-10-12-18-26(24)27/h6-18,21,27-28H,5,19-20H2,1-4H3,(H,33,38)(H,36,37). The molecule has 2 atom stereocenters. The number of likely N-dealkylation sites (N-methyl/N-ethyl adjacent to an activating group) is 1. The van der Waals surface area contributed by atoms with Gasteiger partial charge < -0.3 is 24.8 Å². The third kappa shape index (κ3) is 6.02. The van der Waals surface area contributed by atoms with E-state index >= 15 is 0 Å². The molecule has 1 aliphatic carbocycles. The lowest BCUT2D eigenvalue weighted by molar-refractivity contribution is -0.159. The van der Waals surface area contributed by atoms with Crippen LogP contribution in [-0.2, 0) is 25.7 Å². The van der Waals surface area contributed by atoms with Crippen LogP contribution in [0.1, 0.15) is 50.3 Å². The molecular weight excluding hydrogens is 508 g/mol. The molecule has 0 radical (unpaired) electrons. The Morgan fingerprint density at radius 2 is 1.48 bits per heavy atom. The summed E-state index contributed by atoms with van der Waals surface area (Å²) in [4.78, 5) is 40.0. The van der Waals surface area contributed by atoms with Crippen LogP contribution in [0.15, 0.2) is 78.9 Å². The van der Waals surface area contributed by atoms with Crippen molar-refractivity contribution in [2.75, 3.05) is 13.2 Å². The Labute approximate surface area is 234 Å². The summed E-state index contributed by atoms with van der Waals surface area (Å²) in [6, 6.07) is 24.3. The average Bonchev–Trinajstić information content (AvgIpc) is 3.27. The van der Waals surface area contributed by atoms with E-state index in [1.165, 1.54) is 18.7 Å². The predicted molar refractivity (Wildman–Crippen MR) is 152 cm³/mol. The van der Waals surface area contributed by atoms with Crippen LogP contribution in [0, 0.1) is 0 Å². The number of hydrogen-bond donors (Lipinski definition) is 2. The molecule has 210 valence electrons. The van der Waals surface area contributed by atoms with Crippen molar-refractivity contribution in [3.63, 3.8) is 0 Å². The largest absolute Gasteiger partial charge is 0.480 e. The monoisotopic (exact) mass is 544 g/mol. The quantitative estimate of drug-likeness (QED) is 0.343. The summed E-state index contributed by atoms with van der Waals surface area (Å²) in [5, 5.41) is 12.5. The number of nitrogens with zero attached hydrogens (tertiary/aromatic N) is 1. The number of carbonyl (C=O) groups excluding carboxylic acids is 2. The Morgan fingerprint density at radius 1 is 0.925 bits per heavy atom. The fourth-order valence-corrected chi connectivity index (χ4v) is 5.16. The molecule has 3 aromatic carbocycles. The summed E-state index contributed by atoms with van der Waals surface area (Å²) in [5.74, 6) is -1.86. The van der Waals surface area contributed by atoms with Gasteiger partial charge in [-0.1, -0.05) is 78.9 Å². The van der Waals surface area contributed by atoms with Gasteiger partial charge in [0.25, 0.3) is 0 Å². The molecule has 0 saturated heterocycles. The minimum absolute atomic E-state index is 0.0815. The van der Waals surface area contributed by atoms with Crippen molar-refractivity contribution < 1.29 is 29.0 Å². The second-order valence-corrected chi connectivity index (χ2v) is 10.4. The Morgan fingerprint density at radius 3 is 2.02 bits per heavy atom. The number of amides is 2. The van der Waals surface area contributed by atoms with Crippen LogP contribution in [0.5, 0.6) is 0 Å². The number of nitrogens with one attached hydrogen (secondary N) is 1. The molecular formula is C32H36N2O6. The van der Waals surface area contributed by atoms with Crippen molar-refractivity contribution in [1.29, 1.82) is 0 Å². The third-order valence-corrected chi connectivity index (χ3v) is 7.49. The first-order valence-electron chi connectivity index (χ1n) is 13.5. The number of carboxylic acids is 1. The normalized spacial score (nSPS) is 14.0. The molecule has 0 saturated carbocycles. The van der Waals surface area contributed by atoms with Crippen molar-refractivity contribution in [3.05, 3.63) is 95.6 Å². The smallest absolute Gasteiger partial charge is 0.407 e. The van der Waals surface area contributed by atoms with Crippen molar-refractivity contribution in [3.8, 4) is 11.1 Å². The molecule has 2 amide bonds. The lowest BCUT2D eigenvalue weighted by Gasteiger charge is -2.38. The number of benzene rings is 3. The Bertz CT molecular complexity index is 1310. The predicted octanol–water partition coefficient (Wildman–Crippen LogP) is 5.21. The summed E-state index contributed by atoms with van der Waals surface area (Å²) in [6.45, 7) is 6.71. The minimum Gasteiger partial charge on any atom is -0.480 e. The zero-order chi connectivity index (χ0) is 28.9. The maximum Gasteiger partial charge on any atom is 0.407 e. The Kier molecular flexibility index (Phi) is 8.90. The molecule has 2 N–H and O–H groups in total. The van der Waals surface area contributed by atoms with Crippen LogP contribution in [0.2, 0.25) is 0 Å². The maximum atomic E-state index is 13.7. The topological polar surface area (TPSA) is 105 Å². The van der Waals surface area contributed by atoms with E-state index in [4.69, 9.17) is 9.47 Å². The van der Waals surface area contributed by atoms with Gasteiger partial charge in [0.15, 0.2) is 0 Å². The van der Waals surface area contributed by atoms with Gasteiger partial charge in [-0.05, 0) is 55.5 Å². The zero-order valence-electron chi connectivity index (χ0n) is 23.3. The fraction of sp³-hybridized carbons (Fsp3) is 0.344. The number of carbonyl (C=O) groups is 3. The van der Waals surface area contributed by atoms with Gasteiger partial charge in [-0.3, -0.25) is 4.79 Å². The summed E-state index contributed by atoms with van der Waals surface area (Å²) in [5.41, 5.74) is 3.77. The van der Waals surface area contributed by atoms with Gasteiger partial charge in [0.05, 0.1) is 12.7 Å². The van der Waals surface area contributed by atoms with Crippen LogP contribution < -0.4 is 5.32 Å². The van der Waals surface area contributed by atoms with Crippen LogP contribution in [0.4, 0.5) is 4.79 Å². The SMILES string of the molecule is CCN(C(=O)C(NC(=O)OCC1c2ccccc2-c2ccccc21)C(C)OCc1ccccc1)C(C)(C)C(=O)O. The van der Waals surface area contributed by atoms with Gasteiger partial charge in [-0.25, -0.2) is 9.59 Å². The summed E-state index contributed by atoms with van der Waals surface area (Å²) >= 11 is 0. The van der Waals surface area contributed by atoms with Gasteiger partial charge in [-0.2, -0.15) is 0 Å². The van der Waals surface area contributed by atoms with Gasteiger partial charge in [-0.15, -0.1) is 0 Å². The molecule has 0 aliphatic heterocycles. The molecule has 0 aromatic heterocycles. The van der Waals surface area contributed by atoms with Crippen LogP contribution in [-0.4, -0.2) is 58.8 Å². The van der Waals surface area contributed by atoms with E-state index in [9.17, 15) is 19.5 Å². The van der Waals surface area contributed by atoms with Gasteiger partial charge >= 0.3 is 12.1 Å². The second-order valence-electron chi connectivity index (χ2n) is 10.4. The van der Waals surface area contributed by atoms with E-state index in [-0.39, 0.29) is 25.7 Å². The summed E-state index contributed by atoms with van der Waals surface area (Å²) in [7, 11) is 0. The minimum atomic E-state index is -1.49. The van der Waals surface area contributed by atoms with Gasteiger partial charge in [0, 0.05) is 12.5 Å². The number of hydrogen-bond acceptors (Lipinski definition) is 5. The highest BCUT2D eigenvalue weighted by Gasteiger charge is 2.42. The molecule has 3 aromatic rings. The second kappa shape index (κ2) is 12.3. The highest BCUT2D eigenvalue weighted by atomic mass is 16.5. The lowest BCUT2D eigenvalue weighted by atomic mass is 9.98. The highest BCUT2D eigenvalue weighted by Crippen LogP contribution is 2.44. The van der Waals surface area contributed by atoms with Crippen molar-refractivity contribution in [2.24, 2.45) is 0 Å². The van der Waals surface area contributed by atoms with Gasteiger partial charge in [0.1, 0.15) is 18.2 Å². The third-order valence-electron chi connectivity index (χ3n) is 7.49. The van der Waals surface area contributed by atoms with E-state index in [0.29, 0.717) is 0 Å². The molecule has 0 bridgehead atoms. The fourth-order valence-electron chi connectivity index (χ4n) is 5.16. The summed E-state index contributed by atoms with van der Waals surface area (Å²) < 4.78 is 11.7. The highest BCUT2D eigenvalue weighted by molar-refractivity contribution is 5.91. The van der Waals surface area contributed by atoms with Crippen molar-refractivity contribution in [1.82, 2.24) is 10.2 Å². The van der Waals surface area contributed by atoms with Crippen LogP contribution >= 0.6 is 0 Å². The van der Waals surface area contributed by atoms with Crippen molar-refractivity contribution >= 4 is 18.0 Å². The van der Waals surface area contributed by atoms with E-state index in [0.717, 1.165) is 27.8 Å². The lowest BCUT2D eigenvalue weighted by Crippen LogP contribution is -2.61. The maximum absolute atomic E-state index is 13.7. The first-order chi connectivity index (χ1) is 19.1. The zero-order valence-corrected chi connectivity index (χ0v) is 23.3. The molecule has 0 fully saturated rings. The Balaban J connectivity index is 1.51. The van der Waals surface area contributed by atoms with E-state index in [1.54, 1.807) is 13.8 Å². The van der Waals surface area contributed by atoms with Crippen molar-refractivity contribution in [2.45, 2.75) is 57.9 Å². The molecule has 4 rings (SSSR count). The molecule has 0 heterocycles. The molecule has 0 spiro atoms. The van der Waals surface area contributed by atoms with E-state index in [1.807, 2.05) is 66.7 Å². The van der Waals surface area contributed by atoms with Gasteiger partial charge in [0.2, 0.25) is 5.91 Å². The number of ether oxygens (including phenoxy) is 2.